The molecule has 1 heterocycles. The minimum Gasteiger partial charge on any atom is -0.481 e. The molecule has 6 nitrogen and oxygen atoms in total. The second kappa shape index (κ2) is 8.20. The third-order valence-electron chi connectivity index (χ3n) is 5.31. The first-order valence-electron chi connectivity index (χ1n) is 9.38. The number of rotatable bonds is 5. The fourth-order valence-corrected chi connectivity index (χ4v) is 5.30. The number of amides is 1. The highest BCUT2D eigenvalue weighted by Gasteiger charge is 2.37. The number of aryl methyl sites for hydroxylation is 1. The van der Waals surface area contributed by atoms with E-state index in [1.807, 2.05) is 0 Å². The molecule has 2 N–H and O–H groups in total. The zero-order valence-electron chi connectivity index (χ0n) is 15.0. The normalized spacial score (nSPS) is 22.3. The van der Waals surface area contributed by atoms with Crippen LogP contribution in [-0.4, -0.2) is 29.6 Å². The summed E-state index contributed by atoms with van der Waals surface area (Å²) in [6, 6.07) is 0. The van der Waals surface area contributed by atoms with E-state index >= 15 is 0 Å². The van der Waals surface area contributed by atoms with E-state index in [1.54, 1.807) is 6.92 Å². The zero-order chi connectivity index (χ0) is 18.7. The lowest BCUT2D eigenvalue weighted by molar-refractivity contribution is -0.147. The minimum atomic E-state index is -0.916. The van der Waals surface area contributed by atoms with Gasteiger partial charge in [-0.15, -0.1) is 11.3 Å². The van der Waals surface area contributed by atoms with Crippen LogP contribution in [0.25, 0.3) is 0 Å². The maximum atomic E-state index is 12.8. The van der Waals surface area contributed by atoms with Gasteiger partial charge in [0.25, 0.3) is 0 Å². The molecule has 0 radical (unpaired) electrons. The number of fused-ring (bicyclic) bond motifs is 1. The Morgan fingerprint density at radius 2 is 1.81 bits per heavy atom. The van der Waals surface area contributed by atoms with Crippen LogP contribution in [-0.2, 0) is 27.2 Å². The van der Waals surface area contributed by atoms with Crippen molar-refractivity contribution in [3.05, 3.63) is 16.0 Å². The van der Waals surface area contributed by atoms with Crippen molar-refractivity contribution < 1.29 is 24.2 Å². The number of carbonyl (C=O) groups is 3. The lowest BCUT2D eigenvalue weighted by Crippen LogP contribution is -2.36. The van der Waals surface area contributed by atoms with Crippen molar-refractivity contribution in [1.29, 1.82) is 0 Å². The molecule has 1 saturated carbocycles. The first-order valence-corrected chi connectivity index (χ1v) is 10.2. The highest BCUT2D eigenvalue weighted by molar-refractivity contribution is 7.17. The van der Waals surface area contributed by atoms with Gasteiger partial charge >= 0.3 is 11.9 Å². The van der Waals surface area contributed by atoms with Gasteiger partial charge in [0, 0.05) is 4.88 Å². The second-order valence-corrected chi connectivity index (χ2v) is 8.07. The van der Waals surface area contributed by atoms with E-state index in [-0.39, 0.29) is 12.5 Å². The van der Waals surface area contributed by atoms with Crippen LogP contribution in [0.1, 0.15) is 66.2 Å². The van der Waals surface area contributed by atoms with Crippen LogP contribution in [0.3, 0.4) is 0 Å². The fourth-order valence-electron chi connectivity index (χ4n) is 4.02. The Labute approximate surface area is 156 Å². The van der Waals surface area contributed by atoms with Crippen molar-refractivity contribution in [2.24, 2.45) is 11.8 Å². The van der Waals surface area contributed by atoms with Gasteiger partial charge in [-0.1, -0.05) is 12.8 Å². The molecule has 0 bridgehead atoms. The molecule has 7 heteroatoms. The molecule has 0 spiro atoms. The van der Waals surface area contributed by atoms with Gasteiger partial charge in [-0.3, -0.25) is 9.59 Å². The number of esters is 1. The van der Waals surface area contributed by atoms with Crippen LogP contribution in [0, 0.1) is 11.8 Å². The molecular formula is C19H25NO5S. The molecule has 2 aliphatic rings. The van der Waals surface area contributed by atoms with E-state index in [9.17, 15) is 19.5 Å². The Morgan fingerprint density at radius 3 is 2.50 bits per heavy atom. The summed E-state index contributed by atoms with van der Waals surface area (Å²) in [5, 5.41) is 12.8. The lowest BCUT2D eigenvalue weighted by atomic mass is 9.78. The number of nitrogens with one attached hydrogen (secondary N) is 1. The van der Waals surface area contributed by atoms with Crippen LogP contribution in [0.2, 0.25) is 0 Å². The summed E-state index contributed by atoms with van der Waals surface area (Å²) in [7, 11) is 0. The Hall–Kier alpha value is -1.89. The third-order valence-corrected chi connectivity index (χ3v) is 6.51. The number of hydrogen-bond donors (Lipinski definition) is 2. The summed E-state index contributed by atoms with van der Waals surface area (Å²) < 4.78 is 5.20. The Morgan fingerprint density at radius 1 is 1.12 bits per heavy atom. The summed E-state index contributed by atoms with van der Waals surface area (Å²) in [5.41, 5.74) is 1.47. The molecular weight excluding hydrogens is 354 g/mol. The molecule has 1 aromatic heterocycles. The van der Waals surface area contributed by atoms with Crippen molar-refractivity contribution in [2.75, 3.05) is 11.9 Å². The molecule has 0 aliphatic heterocycles. The van der Waals surface area contributed by atoms with Gasteiger partial charge in [-0.05, 0) is 51.0 Å². The van der Waals surface area contributed by atoms with Crippen molar-refractivity contribution >= 4 is 34.2 Å². The molecule has 1 amide bonds. The Kier molecular flexibility index (Phi) is 5.96. The molecule has 0 saturated heterocycles. The van der Waals surface area contributed by atoms with Crippen LogP contribution in [0.4, 0.5) is 5.00 Å². The monoisotopic (exact) mass is 379 g/mol. The van der Waals surface area contributed by atoms with E-state index in [4.69, 9.17) is 4.74 Å². The van der Waals surface area contributed by atoms with Gasteiger partial charge in [-0.2, -0.15) is 0 Å². The van der Waals surface area contributed by atoms with E-state index in [1.165, 1.54) is 11.3 Å². The number of aliphatic carboxylic acids is 1. The molecule has 1 fully saturated rings. The van der Waals surface area contributed by atoms with Gasteiger partial charge in [-0.25, -0.2) is 4.79 Å². The Bertz CT molecular complexity index is 711. The van der Waals surface area contributed by atoms with Crippen molar-refractivity contribution in [3.63, 3.8) is 0 Å². The van der Waals surface area contributed by atoms with Crippen molar-refractivity contribution in [3.8, 4) is 0 Å². The molecule has 0 aromatic carbocycles. The molecule has 2 atom stereocenters. The van der Waals surface area contributed by atoms with Crippen LogP contribution < -0.4 is 5.32 Å². The first kappa shape index (κ1) is 18.9. The van der Waals surface area contributed by atoms with Gasteiger partial charge in [0.1, 0.15) is 5.00 Å². The maximum Gasteiger partial charge on any atom is 0.341 e. The molecule has 3 rings (SSSR count). The summed E-state index contributed by atoms with van der Waals surface area (Å²) in [4.78, 5) is 37.9. The van der Waals surface area contributed by atoms with E-state index in [0.717, 1.165) is 49.0 Å². The molecule has 0 unspecified atom stereocenters. The van der Waals surface area contributed by atoms with E-state index in [2.05, 4.69) is 5.32 Å². The summed E-state index contributed by atoms with van der Waals surface area (Å²) in [6.07, 6.45) is 6.61. The molecule has 26 heavy (non-hydrogen) atoms. The van der Waals surface area contributed by atoms with Crippen molar-refractivity contribution in [1.82, 2.24) is 0 Å². The maximum absolute atomic E-state index is 12.8. The smallest absolute Gasteiger partial charge is 0.341 e. The molecule has 2 aliphatic carbocycles. The average Bonchev–Trinajstić information content (AvgIpc) is 2.99. The second-order valence-electron chi connectivity index (χ2n) is 6.96. The predicted octanol–water partition coefficient (Wildman–Crippen LogP) is 3.63. The van der Waals surface area contributed by atoms with E-state index in [0.29, 0.717) is 23.4 Å². The van der Waals surface area contributed by atoms with Gasteiger partial charge in [0.15, 0.2) is 0 Å². The van der Waals surface area contributed by atoms with Gasteiger partial charge < -0.3 is 15.2 Å². The largest absolute Gasteiger partial charge is 0.481 e. The number of carboxylic acid groups (broad SMARTS) is 1. The molecule has 142 valence electrons. The summed E-state index contributed by atoms with van der Waals surface area (Å²) in [6.45, 7) is 2.04. The highest BCUT2D eigenvalue weighted by atomic mass is 32.1. The quantitative estimate of drug-likeness (QED) is 0.762. The van der Waals surface area contributed by atoms with Gasteiger partial charge in [0.05, 0.1) is 24.0 Å². The fraction of sp³-hybridized carbons (Fsp3) is 0.632. The number of carbonyl (C=O) groups excluding carboxylic acids is 2. The number of ether oxygens (including phenoxy) is 1. The number of thiophene rings is 1. The Balaban J connectivity index is 1.86. The summed E-state index contributed by atoms with van der Waals surface area (Å²) >= 11 is 1.44. The number of anilines is 1. The standard InChI is InChI=1S/C19H25NO5S/c1-2-25-19(24)15-13-9-5-6-10-14(13)26-17(15)20-16(21)11-7-3-4-8-12(11)18(22)23/h11-12H,2-10H2,1H3,(H,20,21)(H,22,23)/t11-,12+/m1/s1. The van der Waals surface area contributed by atoms with Crippen LogP contribution in [0.5, 0.6) is 0 Å². The molecule has 1 aromatic rings. The van der Waals surface area contributed by atoms with Crippen molar-refractivity contribution in [2.45, 2.75) is 58.3 Å². The summed E-state index contributed by atoms with van der Waals surface area (Å²) in [5.74, 6) is -2.80. The average molecular weight is 379 g/mol. The van der Waals surface area contributed by atoms with Crippen LogP contribution >= 0.6 is 11.3 Å². The number of carboxylic acids is 1. The lowest BCUT2D eigenvalue weighted by Gasteiger charge is -2.27. The minimum absolute atomic E-state index is 0.278. The van der Waals surface area contributed by atoms with Gasteiger partial charge in [0.2, 0.25) is 5.91 Å². The predicted molar refractivity (Wildman–Crippen MR) is 98.6 cm³/mol. The number of hydrogen-bond acceptors (Lipinski definition) is 5. The third kappa shape index (κ3) is 3.77. The SMILES string of the molecule is CCOC(=O)c1c(NC(=O)[C@@H]2CCCC[C@@H]2C(=O)O)sc2c1CCCC2. The zero-order valence-corrected chi connectivity index (χ0v) is 15.8. The van der Waals surface area contributed by atoms with Crippen LogP contribution in [0.15, 0.2) is 0 Å². The highest BCUT2D eigenvalue weighted by Crippen LogP contribution is 2.40. The topological polar surface area (TPSA) is 92.7 Å². The first-order chi connectivity index (χ1) is 12.5. The van der Waals surface area contributed by atoms with E-state index < -0.39 is 23.8 Å².